The molecule has 1 aromatic heterocycles. The van der Waals surface area contributed by atoms with E-state index in [-0.39, 0.29) is 11.7 Å². The minimum Gasteiger partial charge on any atom is -0.378 e. The second-order valence-corrected chi connectivity index (χ2v) is 3.54. The van der Waals surface area contributed by atoms with Gasteiger partial charge < -0.3 is 9.47 Å². The van der Waals surface area contributed by atoms with Crippen molar-refractivity contribution in [3.63, 3.8) is 0 Å². The second kappa shape index (κ2) is 2.53. The van der Waals surface area contributed by atoms with E-state index in [4.69, 9.17) is 9.47 Å². The predicted molar refractivity (Wildman–Crippen MR) is 46.2 cm³/mol. The Balaban J connectivity index is 1.94. The van der Waals surface area contributed by atoms with Crippen LogP contribution in [0.25, 0.3) is 0 Å². The maximum atomic E-state index is 5.66. The van der Waals surface area contributed by atoms with Gasteiger partial charge in [-0.05, 0) is 12.1 Å². The molecule has 2 aliphatic rings. The van der Waals surface area contributed by atoms with Crippen molar-refractivity contribution in [2.75, 3.05) is 13.2 Å². The highest BCUT2D eigenvalue weighted by atomic mass is 16.6. The van der Waals surface area contributed by atoms with E-state index in [1.54, 1.807) is 0 Å². The number of nitrogens with zero attached hydrogens (tertiary/aromatic N) is 1. The van der Waals surface area contributed by atoms with Crippen molar-refractivity contribution < 1.29 is 9.47 Å². The Morgan fingerprint density at radius 2 is 2.46 bits per heavy atom. The number of hydrogen-bond acceptors (Lipinski definition) is 3. The molecular weight excluding hydrogens is 166 g/mol. The molecule has 0 saturated carbocycles. The molecule has 0 bridgehead atoms. The summed E-state index contributed by atoms with van der Waals surface area (Å²) in [4.78, 5) is 4.34. The molecule has 2 aliphatic heterocycles. The quantitative estimate of drug-likeness (QED) is 0.602. The van der Waals surface area contributed by atoms with Crippen molar-refractivity contribution in [3.05, 3.63) is 30.1 Å². The van der Waals surface area contributed by atoms with E-state index in [1.807, 2.05) is 24.4 Å². The third-order valence-corrected chi connectivity index (χ3v) is 2.80. The lowest BCUT2D eigenvalue weighted by Gasteiger charge is -2.16. The molecule has 0 aliphatic carbocycles. The van der Waals surface area contributed by atoms with Gasteiger partial charge in [-0.25, -0.2) is 0 Å². The third-order valence-electron chi connectivity index (χ3n) is 2.80. The molecule has 2 saturated heterocycles. The van der Waals surface area contributed by atoms with Crippen LogP contribution in [-0.4, -0.2) is 24.3 Å². The van der Waals surface area contributed by atoms with Gasteiger partial charge in [0.15, 0.2) is 0 Å². The first kappa shape index (κ1) is 7.47. The molecule has 1 aromatic rings. The van der Waals surface area contributed by atoms with Gasteiger partial charge in [0.25, 0.3) is 0 Å². The topological polar surface area (TPSA) is 34.6 Å². The summed E-state index contributed by atoms with van der Waals surface area (Å²) in [6, 6.07) is 5.97. The van der Waals surface area contributed by atoms with Crippen molar-refractivity contribution >= 4 is 0 Å². The lowest BCUT2D eigenvalue weighted by Crippen LogP contribution is -2.25. The van der Waals surface area contributed by atoms with Crippen LogP contribution in [0.5, 0.6) is 0 Å². The van der Waals surface area contributed by atoms with E-state index >= 15 is 0 Å². The van der Waals surface area contributed by atoms with Crippen LogP contribution in [-0.2, 0) is 15.1 Å². The SMILES string of the molecule is c1ccc([C@@]23CCOC[C@H]2O3)nc1. The van der Waals surface area contributed by atoms with Gasteiger partial charge in [-0.3, -0.25) is 4.98 Å². The van der Waals surface area contributed by atoms with Crippen LogP contribution in [0.1, 0.15) is 12.1 Å². The maximum absolute atomic E-state index is 5.66. The minimum atomic E-state index is -0.0977. The molecule has 13 heavy (non-hydrogen) atoms. The van der Waals surface area contributed by atoms with Crippen LogP contribution in [0.3, 0.4) is 0 Å². The molecular formula is C10H11NO2. The molecule has 3 nitrogen and oxygen atoms in total. The molecule has 0 radical (unpaired) electrons. The average Bonchev–Trinajstić information content (AvgIpc) is 2.94. The Labute approximate surface area is 76.7 Å². The van der Waals surface area contributed by atoms with Gasteiger partial charge in [-0.1, -0.05) is 6.07 Å². The molecule has 3 heterocycles. The molecule has 68 valence electrons. The fourth-order valence-electron chi connectivity index (χ4n) is 1.99. The maximum Gasteiger partial charge on any atom is 0.141 e. The number of aromatic nitrogens is 1. The van der Waals surface area contributed by atoms with Crippen molar-refractivity contribution in [1.29, 1.82) is 0 Å². The fourth-order valence-corrected chi connectivity index (χ4v) is 1.99. The summed E-state index contributed by atoms with van der Waals surface area (Å²) in [6.07, 6.45) is 3.00. The Morgan fingerprint density at radius 1 is 1.46 bits per heavy atom. The lowest BCUT2D eigenvalue weighted by molar-refractivity contribution is 0.0967. The zero-order valence-electron chi connectivity index (χ0n) is 7.27. The van der Waals surface area contributed by atoms with Gasteiger partial charge in [0.05, 0.1) is 12.3 Å². The summed E-state index contributed by atoms with van der Waals surface area (Å²) in [5, 5.41) is 0. The highest BCUT2D eigenvalue weighted by molar-refractivity contribution is 5.23. The number of epoxide rings is 1. The van der Waals surface area contributed by atoms with Gasteiger partial charge in [0, 0.05) is 19.2 Å². The average molecular weight is 177 g/mol. The van der Waals surface area contributed by atoms with E-state index in [9.17, 15) is 0 Å². The molecule has 3 heteroatoms. The zero-order valence-corrected chi connectivity index (χ0v) is 7.27. The summed E-state index contributed by atoms with van der Waals surface area (Å²) >= 11 is 0. The first-order valence-electron chi connectivity index (χ1n) is 4.59. The molecule has 2 atom stereocenters. The lowest BCUT2D eigenvalue weighted by atomic mass is 9.95. The van der Waals surface area contributed by atoms with E-state index < -0.39 is 0 Å². The number of pyridine rings is 1. The van der Waals surface area contributed by atoms with Gasteiger partial charge in [0.2, 0.25) is 0 Å². The summed E-state index contributed by atoms with van der Waals surface area (Å²) in [5.74, 6) is 0. The number of hydrogen-bond donors (Lipinski definition) is 0. The highest BCUT2D eigenvalue weighted by Gasteiger charge is 2.60. The van der Waals surface area contributed by atoms with Crippen LogP contribution in [0.4, 0.5) is 0 Å². The summed E-state index contributed by atoms with van der Waals surface area (Å²) < 4.78 is 11.0. The number of rotatable bonds is 1. The molecule has 0 N–H and O–H groups in total. The molecule has 0 spiro atoms. The molecule has 0 aromatic carbocycles. The fraction of sp³-hybridized carbons (Fsp3) is 0.500. The van der Waals surface area contributed by atoms with E-state index in [1.165, 1.54) is 0 Å². The smallest absolute Gasteiger partial charge is 0.141 e. The van der Waals surface area contributed by atoms with Gasteiger partial charge in [-0.15, -0.1) is 0 Å². The van der Waals surface area contributed by atoms with Crippen molar-refractivity contribution in [2.24, 2.45) is 0 Å². The second-order valence-electron chi connectivity index (χ2n) is 3.54. The number of fused-ring (bicyclic) bond motifs is 1. The molecule has 0 unspecified atom stereocenters. The third kappa shape index (κ3) is 1.01. The molecule has 2 fully saturated rings. The Kier molecular flexibility index (Phi) is 1.45. The van der Waals surface area contributed by atoms with Crippen molar-refractivity contribution in [2.45, 2.75) is 18.1 Å². The van der Waals surface area contributed by atoms with Crippen LogP contribution in [0.2, 0.25) is 0 Å². The van der Waals surface area contributed by atoms with Crippen molar-refractivity contribution in [3.8, 4) is 0 Å². The van der Waals surface area contributed by atoms with E-state index in [0.29, 0.717) is 0 Å². The summed E-state index contributed by atoms with van der Waals surface area (Å²) in [5.41, 5.74) is 0.961. The van der Waals surface area contributed by atoms with Crippen molar-refractivity contribution in [1.82, 2.24) is 4.98 Å². The van der Waals surface area contributed by atoms with E-state index in [2.05, 4.69) is 4.98 Å². The zero-order chi connectivity index (χ0) is 8.73. The molecule has 0 amide bonds. The first-order valence-corrected chi connectivity index (χ1v) is 4.59. The van der Waals surface area contributed by atoms with Crippen LogP contribution in [0.15, 0.2) is 24.4 Å². The minimum absolute atomic E-state index is 0.0977. The van der Waals surface area contributed by atoms with E-state index in [0.717, 1.165) is 25.3 Å². The Morgan fingerprint density at radius 3 is 3.23 bits per heavy atom. The van der Waals surface area contributed by atoms with Crippen LogP contribution in [0, 0.1) is 0 Å². The summed E-state index contributed by atoms with van der Waals surface area (Å²) in [7, 11) is 0. The summed E-state index contributed by atoms with van der Waals surface area (Å²) in [6.45, 7) is 1.50. The Hall–Kier alpha value is -0.930. The molecule has 3 rings (SSSR count). The predicted octanol–water partition coefficient (Wildman–Crippen LogP) is 1.10. The van der Waals surface area contributed by atoms with Crippen LogP contribution >= 0.6 is 0 Å². The van der Waals surface area contributed by atoms with Gasteiger partial charge in [0.1, 0.15) is 11.7 Å². The monoisotopic (exact) mass is 177 g/mol. The normalized spacial score (nSPS) is 36.8. The van der Waals surface area contributed by atoms with Gasteiger partial charge >= 0.3 is 0 Å². The van der Waals surface area contributed by atoms with Crippen LogP contribution < -0.4 is 0 Å². The van der Waals surface area contributed by atoms with Gasteiger partial charge in [-0.2, -0.15) is 0 Å². The number of ether oxygens (including phenoxy) is 2. The highest BCUT2D eigenvalue weighted by Crippen LogP contribution is 2.50. The first-order chi connectivity index (χ1) is 6.42. The Bertz CT molecular complexity index is 314. The largest absolute Gasteiger partial charge is 0.378 e. The standard InChI is InChI=1S/C10H11NO2/c1-2-5-11-8(3-1)10-4-6-12-7-9(10)13-10/h1-3,5,9H,4,6-7H2/t9-,10+/m1/s1.